The highest BCUT2D eigenvalue weighted by atomic mass is 19.1. The zero-order chi connectivity index (χ0) is 17.0. The van der Waals surface area contributed by atoms with Crippen molar-refractivity contribution in [2.75, 3.05) is 11.9 Å². The van der Waals surface area contributed by atoms with Crippen molar-refractivity contribution in [3.8, 4) is 5.75 Å². The Hall–Kier alpha value is -2.36. The first kappa shape index (κ1) is 17.0. The van der Waals surface area contributed by atoms with E-state index in [1.165, 1.54) is 17.7 Å². The second-order valence-corrected chi connectivity index (χ2v) is 6.57. The van der Waals surface area contributed by atoms with Crippen molar-refractivity contribution in [3.63, 3.8) is 0 Å². The van der Waals surface area contributed by atoms with Gasteiger partial charge in [-0.1, -0.05) is 39.0 Å². The highest BCUT2D eigenvalue weighted by Crippen LogP contribution is 2.24. The van der Waals surface area contributed by atoms with Crippen LogP contribution in [-0.2, 0) is 10.2 Å². The molecule has 0 bridgehead atoms. The molecular weight excluding hydrogens is 293 g/mol. The molecule has 2 rings (SSSR count). The van der Waals surface area contributed by atoms with Crippen LogP contribution in [0.4, 0.5) is 10.1 Å². The average Bonchev–Trinajstić information content (AvgIpc) is 2.48. The van der Waals surface area contributed by atoms with E-state index in [0.717, 1.165) is 5.56 Å². The van der Waals surface area contributed by atoms with Crippen LogP contribution in [0, 0.1) is 12.7 Å². The summed E-state index contributed by atoms with van der Waals surface area (Å²) in [5.74, 6) is -0.0766. The molecule has 0 spiro atoms. The fourth-order valence-corrected chi connectivity index (χ4v) is 2.12. The number of ether oxygens (including phenoxy) is 1. The summed E-state index contributed by atoms with van der Waals surface area (Å²) in [4.78, 5) is 11.9. The largest absolute Gasteiger partial charge is 0.484 e. The van der Waals surface area contributed by atoms with E-state index in [4.69, 9.17) is 4.74 Å². The SMILES string of the molecule is Cc1ccc(F)cc1NC(=O)COc1ccc(C(C)(C)C)cc1. The zero-order valence-corrected chi connectivity index (χ0v) is 13.9. The lowest BCUT2D eigenvalue weighted by Crippen LogP contribution is -2.20. The Morgan fingerprint density at radius 3 is 2.39 bits per heavy atom. The van der Waals surface area contributed by atoms with Crippen LogP contribution in [0.15, 0.2) is 42.5 Å². The van der Waals surface area contributed by atoms with Crippen LogP contribution in [-0.4, -0.2) is 12.5 Å². The maximum atomic E-state index is 13.2. The Bertz CT molecular complexity index is 688. The topological polar surface area (TPSA) is 38.3 Å². The molecule has 4 heteroatoms. The van der Waals surface area contributed by atoms with Gasteiger partial charge in [-0.15, -0.1) is 0 Å². The molecule has 0 aliphatic carbocycles. The molecule has 0 saturated heterocycles. The van der Waals surface area contributed by atoms with Crippen molar-refractivity contribution in [2.45, 2.75) is 33.1 Å². The molecule has 0 aromatic heterocycles. The van der Waals surface area contributed by atoms with Crippen LogP contribution in [0.25, 0.3) is 0 Å². The van der Waals surface area contributed by atoms with Gasteiger partial charge in [0, 0.05) is 5.69 Å². The maximum Gasteiger partial charge on any atom is 0.262 e. The molecule has 2 aromatic carbocycles. The van der Waals surface area contributed by atoms with E-state index >= 15 is 0 Å². The molecule has 2 aromatic rings. The summed E-state index contributed by atoms with van der Waals surface area (Å²) in [5.41, 5.74) is 2.53. The number of hydrogen-bond donors (Lipinski definition) is 1. The van der Waals surface area contributed by atoms with Gasteiger partial charge in [0.1, 0.15) is 11.6 Å². The van der Waals surface area contributed by atoms with E-state index in [1.54, 1.807) is 13.0 Å². The second-order valence-electron chi connectivity index (χ2n) is 6.57. The lowest BCUT2D eigenvalue weighted by atomic mass is 9.87. The summed E-state index contributed by atoms with van der Waals surface area (Å²) in [6, 6.07) is 12.0. The minimum Gasteiger partial charge on any atom is -0.484 e. The summed E-state index contributed by atoms with van der Waals surface area (Å²) < 4.78 is 18.7. The number of anilines is 1. The van der Waals surface area contributed by atoms with Gasteiger partial charge in [-0.25, -0.2) is 4.39 Å². The van der Waals surface area contributed by atoms with Crippen molar-refractivity contribution >= 4 is 11.6 Å². The van der Waals surface area contributed by atoms with E-state index in [9.17, 15) is 9.18 Å². The first-order valence-corrected chi connectivity index (χ1v) is 7.55. The number of halogens is 1. The normalized spacial score (nSPS) is 11.2. The minimum absolute atomic E-state index is 0.0742. The number of amides is 1. The Kier molecular flexibility index (Phi) is 5.04. The van der Waals surface area contributed by atoms with Gasteiger partial charge in [-0.2, -0.15) is 0 Å². The predicted molar refractivity (Wildman–Crippen MR) is 90.4 cm³/mol. The molecule has 122 valence electrons. The van der Waals surface area contributed by atoms with Crippen LogP contribution in [0.3, 0.4) is 0 Å². The van der Waals surface area contributed by atoms with Gasteiger partial charge in [0.15, 0.2) is 6.61 Å². The summed E-state index contributed by atoms with van der Waals surface area (Å²) in [5, 5.41) is 2.65. The average molecular weight is 315 g/mol. The molecule has 0 saturated carbocycles. The molecule has 3 nitrogen and oxygen atoms in total. The lowest BCUT2D eigenvalue weighted by Gasteiger charge is -2.19. The monoisotopic (exact) mass is 315 g/mol. The van der Waals surface area contributed by atoms with Crippen molar-refractivity contribution in [1.82, 2.24) is 0 Å². The van der Waals surface area contributed by atoms with E-state index < -0.39 is 0 Å². The van der Waals surface area contributed by atoms with Gasteiger partial charge in [0.05, 0.1) is 0 Å². The van der Waals surface area contributed by atoms with E-state index in [2.05, 4.69) is 26.1 Å². The summed E-state index contributed by atoms with van der Waals surface area (Å²) in [7, 11) is 0. The number of aryl methyl sites for hydroxylation is 1. The first-order valence-electron chi connectivity index (χ1n) is 7.55. The van der Waals surface area contributed by atoms with Crippen molar-refractivity contribution in [2.24, 2.45) is 0 Å². The number of hydrogen-bond acceptors (Lipinski definition) is 2. The Morgan fingerprint density at radius 1 is 1.13 bits per heavy atom. The molecule has 0 unspecified atom stereocenters. The fraction of sp³-hybridized carbons (Fsp3) is 0.316. The van der Waals surface area contributed by atoms with Gasteiger partial charge in [0.2, 0.25) is 0 Å². The van der Waals surface area contributed by atoms with Crippen molar-refractivity contribution < 1.29 is 13.9 Å². The van der Waals surface area contributed by atoms with Crippen LogP contribution < -0.4 is 10.1 Å². The van der Waals surface area contributed by atoms with E-state index in [-0.39, 0.29) is 23.7 Å². The molecular formula is C19H22FNO2. The molecule has 1 N–H and O–H groups in total. The molecule has 23 heavy (non-hydrogen) atoms. The third kappa shape index (κ3) is 4.81. The summed E-state index contributed by atoms with van der Waals surface area (Å²) in [6.07, 6.45) is 0. The number of nitrogens with one attached hydrogen (secondary N) is 1. The van der Waals surface area contributed by atoms with Crippen LogP contribution in [0.5, 0.6) is 5.75 Å². The van der Waals surface area contributed by atoms with Gasteiger partial charge in [0.25, 0.3) is 5.91 Å². The Labute approximate surface area is 136 Å². The lowest BCUT2D eigenvalue weighted by molar-refractivity contribution is -0.118. The van der Waals surface area contributed by atoms with Crippen LogP contribution in [0.2, 0.25) is 0 Å². The smallest absolute Gasteiger partial charge is 0.262 e. The Morgan fingerprint density at radius 2 is 1.78 bits per heavy atom. The molecule has 0 fully saturated rings. The fourth-order valence-electron chi connectivity index (χ4n) is 2.12. The van der Waals surface area contributed by atoms with Gasteiger partial charge in [-0.05, 0) is 47.7 Å². The van der Waals surface area contributed by atoms with Crippen molar-refractivity contribution in [1.29, 1.82) is 0 Å². The van der Waals surface area contributed by atoms with Crippen molar-refractivity contribution in [3.05, 3.63) is 59.4 Å². The summed E-state index contributed by atoms with van der Waals surface area (Å²) >= 11 is 0. The Balaban J connectivity index is 1.93. The highest BCUT2D eigenvalue weighted by molar-refractivity contribution is 5.92. The third-order valence-corrected chi connectivity index (χ3v) is 3.56. The summed E-state index contributed by atoms with van der Waals surface area (Å²) in [6.45, 7) is 8.10. The molecule has 0 atom stereocenters. The zero-order valence-electron chi connectivity index (χ0n) is 13.9. The van der Waals surface area contributed by atoms with E-state index in [0.29, 0.717) is 11.4 Å². The van der Waals surface area contributed by atoms with Crippen LogP contribution >= 0.6 is 0 Å². The second kappa shape index (κ2) is 6.82. The minimum atomic E-state index is -0.385. The first-order chi connectivity index (χ1) is 10.8. The number of carbonyl (C=O) groups is 1. The molecule has 0 aliphatic heterocycles. The molecule has 1 amide bonds. The predicted octanol–water partition coefficient (Wildman–Crippen LogP) is 4.45. The van der Waals surface area contributed by atoms with E-state index in [1.807, 2.05) is 24.3 Å². The molecule has 0 heterocycles. The number of rotatable bonds is 4. The maximum absolute atomic E-state index is 13.2. The molecule has 0 radical (unpaired) electrons. The third-order valence-electron chi connectivity index (χ3n) is 3.56. The van der Waals surface area contributed by atoms with Gasteiger partial charge >= 0.3 is 0 Å². The standard InChI is InChI=1S/C19H22FNO2/c1-13-5-8-15(20)11-17(13)21-18(22)12-23-16-9-6-14(7-10-16)19(2,3)4/h5-11H,12H2,1-4H3,(H,21,22). The van der Waals surface area contributed by atoms with Crippen LogP contribution in [0.1, 0.15) is 31.9 Å². The quantitative estimate of drug-likeness (QED) is 0.905. The highest BCUT2D eigenvalue weighted by Gasteiger charge is 2.13. The van der Waals surface area contributed by atoms with Gasteiger partial charge < -0.3 is 10.1 Å². The molecule has 0 aliphatic rings. The van der Waals surface area contributed by atoms with Gasteiger partial charge in [-0.3, -0.25) is 4.79 Å². The number of carbonyl (C=O) groups excluding carboxylic acids is 1. The number of benzene rings is 2.